The van der Waals surface area contributed by atoms with Crippen LogP contribution >= 0.6 is 8.81 Å². The summed E-state index contributed by atoms with van der Waals surface area (Å²) in [4.78, 5) is 0. The van der Waals surface area contributed by atoms with E-state index in [2.05, 4.69) is 15.0 Å². The predicted molar refractivity (Wildman–Crippen MR) is 49.2 cm³/mol. The van der Waals surface area contributed by atoms with Crippen molar-refractivity contribution in [3.63, 3.8) is 0 Å². The second-order valence-electron chi connectivity index (χ2n) is 1.81. The fourth-order valence-corrected chi connectivity index (χ4v) is 1.16. The Bertz CT molecular complexity index is 211. The standard InChI is InChI=1S/C6H7B2O3P/c1-2-3-6(10-7,4-5-9)12-11-8/h2-3,9,12H,1H3. The molecular weight excluding hydrogens is 173 g/mol. The molecule has 0 aliphatic rings. The van der Waals surface area contributed by atoms with E-state index >= 15 is 0 Å². The molecule has 0 heterocycles. The summed E-state index contributed by atoms with van der Waals surface area (Å²) in [5, 5.41) is 7.22. The van der Waals surface area contributed by atoms with E-state index in [1.54, 1.807) is 25.2 Å². The smallest absolute Gasteiger partial charge is 0.288 e. The summed E-state index contributed by atoms with van der Waals surface area (Å²) in [5.74, 6) is 2.33. The summed E-state index contributed by atoms with van der Waals surface area (Å²) in [6.07, 6.45) is 4.91. The van der Waals surface area contributed by atoms with Gasteiger partial charge in [-0.15, -0.1) is 0 Å². The van der Waals surface area contributed by atoms with Gasteiger partial charge in [-0.2, -0.15) is 0 Å². The minimum Gasteiger partial charge on any atom is -0.462 e. The van der Waals surface area contributed by atoms with Crippen LogP contribution in [0.25, 0.3) is 0 Å². The van der Waals surface area contributed by atoms with Crippen LogP contribution in [-0.4, -0.2) is 26.5 Å². The highest BCUT2D eigenvalue weighted by Gasteiger charge is 2.23. The molecule has 3 nitrogen and oxygen atoms in total. The molecule has 0 aromatic rings. The molecule has 0 aliphatic carbocycles. The summed E-state index contributed by atoms with van der Waals surface area (Å²) in [6.45, 7) is 1.76. The molecule has 0 spiro atoms. The molecule has 2 atom stereocenters. The summed E-state index contributed by atoms with van der Waals surface area (Å²) in [7, 11) is 9.52. The van der Waals surface area contributed by atoms with Gasteiger partial charge >= 0.3 is 0 Å². The van der Waals surface area contributed by atoms with Gasteiger partial charge in [0.15, 0.2) is 5.34 Å². The average molecular weight is 180 g/mol. The number of aliphatic hydroxyl groups excluding tert-OH is 1. The molecule has 4 radical (unpaired) electrons. The number of hydrogen-bond donors (Lipinski definition) is 1. The van der Waals surface area contributed by atoms with Gasteiger partial charge in [-0.05, 0) is 18.9 Å². The van der Waals surface area contributed by atoms with E-state index in [1.165, 1.54) is 0 Å². The van der Waals surface area contributed by atoms with Crippen molar-refractivity contribution in [2.75, 3.05) is 0 Å². The molecule has 0 amide bonds. The average Bonchev–Trinajstić information content (AvgIpc) is 2.06. The zero-order valence-electron chi connectivity index (χ0n) is 6.57. The summed E-state index contributed by atoms with van der Waals surface area (Å²) < 4.78 is 8.91. The summed E-state index contributed by atoms with van der Waals surface area (Å²) in [6, 6.07) is 0. The Kier molecular flexibility index (Phi) is 5.92. The normalized spacial score (nSPS) is 16.1. The third-order valence-corrected chi connectivity index (χ3v) is 1.87. The SMILES string of the molecule is [B]OPC(C#CO)(C=CC)O[B]. The first-order valence-corrected chi connectivity index (χ1v) is 3.96. The van der Waals surface area contributed by atoms with Gasteiger partial charge in [0, 0.05) is 8.81 Å². The summed E-state index contributed by atoms with van der Waals surface area (Å²) in [5.41, 5.74) is 0. The topological polar surface area (TPSA) is 38.7 Å². The monoisotopic (exact) mass is 180 g/mol. The van der Waals surface area contributed by atoms with Crippen LogP contribution in [0.5, 0.6) is 0 Å². The third kappa shape index (κ3) is 3.32. The highest BCUT2D eigenvalue weighted by atomic mass is 31.1. The van der Waals surface area contributed by atoms with Crippen LogP contribution in [-0.2, 0) is 9.10 Å². The number of allylic oxidation sites excluding steroid dienone is 1. The van der Waals surface area contributed by atoms with E-state index in [1.807, 2.05) is 0 Å². The molecule has 0 saturated carbocycles. The highest BCUT2D eigenvalue weighted by molar-refractivity contribution is 7.36. The van der Waals surface area contributed by atoms with E-state index in [0.717, 1.165) is 0 Å². The van der Waals surface area contributed by atoms with Gasteiger partial charge in [-0.1, -0.05) is 6.08 Å². The molecule has 6 heteroatoms. The Morgan fingerprint density at radius 3 is 2.58 bits per heavy atom. The van der Waals surface area contributed by atoms with E-state index < -0.39 is 5.34 Å². The first kappa shape index (κ1) is 11.6. The van der Waals surface area contributed by atoms with E-state index in [4.69, 9.17) is 21.2 Å². The molecular formula is C6H7B2O3P. The van der Waals surface area contributed by atoms with Gasteiger partial charge in [-0.3, -0.25) is 0 Å². The predicted octanol–water partition coefficient (Wildman–Crippen LogP) is 0.386. The maximum absolute atomic E-state index is 8.36. The molecule has 0 saturated heterocycles. The van der Waals surface area contributed by atoms with Crippen molar-refractivity contribution >= 4 is 24.9 Å². The second kappa shape index (κ2) is 6.14. The van der Waals surface area contributed by atoms with Crippen molar-refractivity contribution in [3.8, 4) is 12.0 Å². The first-order valence-electron chi connectivity index (χ1n) is 3.05. The Morgan fingerprint density at radius 2 is 2.25 bits per heavy atom. The van der Waals surface area contributed by atoms with Crippen LogP contribution < -0.4 is 0 Å². The molecule has 0 aromatic carbocycles. The van der Waals surface area contributed by atoms with Crippen LogP contribution in [0.1, 0.15) is 6.92 Å². The van der Waals surface area contributed by atoms with Crippen LogP contribution in [0.3, 0.4) is 0 Å². The molecule has 12 heavy (non-hydrogen) atoms. The maximum atomic E-state index is 8.36. The van der Waals surface area contributed by atoms with Crippen LogP contribution in [0.2, 0.25) is 0 Å². The van der Waals surface area contributed by atoms with Crippen molar-refractivity contribution in [3.05, 3.63) is 12.2 Å². The molecule has 0 fully saturated rings. The highest BCUT2D eigenvalue weighted by Crippen LogP contribution is 2.33. The first-order chi connectivity index (χ1) is 5.74. The Hall–Kier alpha value is -0.420. The Labute approximate surface area is 76.3 Å². The Morgan fingerprint density at radius 1 is 1.58 bits per heavy atom. The van der Waals surface area contributed by atoms with Gasteiger partial charge in [0.05, 0.1) is 0 Å². The molecule has 0 rings (SSSR count). The van der Waals surface area contributed by atoms with Crippen LogP contribution in [0, 0.1) is 12.0 Å². The van der Waals surface area contributed by atoms with Gasteiger partial charge in [-0.25, -0.2) is 0 Å². The lowest BCUT2D eigenvalue weighted by atomic mass is 10.3. The van der Waals surface area contributed by atoms with Gasteiger partial charge in [0.2, 0.25) is 0 Å². The zero-order valence-corrected chi connectivity index (χ0v) is 7.57. The minimum absolute atomic E-state index is 0.300. The number of rotatable bonds is 4. The molecule has 60 valence electrons. The fourth-order valence-electron chi connectivity index (χ4n) is 0.599. The number of aliphatic hydroxyl groups is 1. The molecule has 1 N–H and O–H groups in total. The van der Waals surface area contributed by atoms with Crippen molar-refractivity contribution in [1.29, 1.82) is 0 Å². The van der Waals surface area contributed by atoms with Crippen molar-refractivity contribution < 1.29 is 14.2 Å². The zero-order chi connectivity index (χ0) is 9.45. The Balaban J connectivity index is 4.58. The van der Waals surface area contributed by atoms with Crippen LogP contribution in [0.15, 0.2) is 12.2 Å². The molecule has 2 unspecified atom stereocenters. The summed E-state index contributed by atoms with van der Waals surface area (Å²) >= 11 is 0. The van der Waals surface area contributed by atoms with Gasteiger partial charge < -0.3 is 14.2 Å². The van der Waals surface area contributed by atoms with Crippen molar-refractivity contribution in [2.24, 2.45) is 0 Å². The largest absolute Gasteiger partial charge is 0.462 e. The van der Waals surface area contributed by atoms with Crippen molar-refractivity contribution in [2.45, 2.75) is 12.3 Å². The lowest BCUT2D eigenvalue weighted by molar-refractivity contribution is 0.287. The van der Waals surface area contributed by atoms with Crippen molar-refractivity contribution in [1.82, 2.24) is 0 Å². The van der Waals surface area contributed by atoms with E-state index in [0.29, 0.717) is 0 Å². The van der Waals surface area contributed by atoms with Crippen LogP contribution in [0.4, 0.5) is 0 Å². The van der Waals surface area contributed by atoms with E-state index in [9.17, 15) is 0 Å². The molecule has 0 aliphatic heterocycles. The molecule has 0 aromatic heterocycles. The van der Waals surface area contributed by atoms with Gasteiger partial charge in [0.25, 0.3) is 16.1 Å². The third-order valence-electron chi connectivity index (χ3n) is 1.04. The number of hydrogen-bond acceptors (Lipinski definition) is 3. The van der Waals surface area contributed by atoms with E-state index in [-0.39, 0.29) is 8.81 Å². The quantitative estimate of drug-likeness (QED) is 0.294. The minimum atomic E-state index is -1.14. The fraction of sp³-hybridized carbons (Fsp3) is 0.333. The second-order valence-corrected chi connectivity index (χ2v) is 2.99. The lowest BCUT2D eigenvalue weighted by Crippen LogP contribution is -2.21. The maximum Gasteiger partial charge on any atom is 0.288 e. The van der Waals surface area contributed by atoms with Gasteiger partial charge in [0.1, 0.15) is 6.11 Å². The molecule has 0 bridgehead atoms. The lowest BCUT2D eigenvalue weighted by Gasteiger charge is -2.22.